The average molecular weight is 263 g/mol. The molecule has 2 aliphatic rings. The first-order chi connectivity index (χ1) is 9.00. The molecule has 0 radical (unpaired) electrons. The third-order valence-corrected chi connectivity index (χ3v) is 3.83. The van der Waals surface area contributed by atoms with Gasteiger partial charge in [0.05, 0.1) is 12.0 Å². The molecular formula is C14H19N2O3-. The minimum absolute atomic E-state index is 0.0502. The van der Waals surface area contributed by atoms with Gasteiger partial charge in [0.2, 0.25) is 0 Å². The smallest absolute Gasteiger partial charge is 0.267 e. The van der Waals surface area contributed by atoms with Crippen LogP contribution in [0.25, 0.3) is 0 Å². The molecule has 0 spiro atoms. The molecule has 2 atom stereocenters. The summed E-state index contributed by atoms with van der Waals surface area (Å²) in [5.41, 5.74) is 1.10. The summed E-state index contributed by atoms with van der Waals surface area (Å²) < 4.78 is 0. The van der Waals surface area contributed by atoms with E-state index >= 15 is 0 Å². The maximum absolute atomic E-state index is 12.0. The third kappa shape index (κ3) is 2.85. The highest BCUT2D eigenvalue weighted by molar-refractivity contribution is 5.97. The fraction of sp³-hybridized carbons (Fsp3) is 0.643. The number of amides is 1. The van der Waals surface area contributed by atoms with E-state index < -0.39 is 5.97 Å². The summed E-state index contributed by atoms with van der Waals surface area (Å²) in [7, 11) is 0. The first-order valence-corrected chi connectivity index (χ1v) is 6.80. The molecule has 1 aliphatic carbocycles. The van der Waals surface area contributed by atoms with Crippen molar-refractivity contribution < 1.29 is 14.7 Å². The number of carboxylic acid groups (broad SMARTS) is 1. The van der Waals surface area contributed by atoms with Crippen molar-refractivity contribution in [3.05, 3.63) is 12.2 Å². The lowest BCUT2D eigenvalue weighted by atomic mass is 9.79. The van der Waals surface area contributed by atoms with E-state index in [0.29, 0.717) is 11.8 Å². The summed E-state index contributed by atoms with van der Waals surface area (Å²) in [6.45, 7) is 4.14. The molecule has 5 heteroatoms. The summed E-state index contributed by atoms with van der Waals surface area (Å²) in [6.07, 6.45) is 6.10. The number of carboxylic acids is 1. The van der Waals surface area contributed by atoms with E-state index in [9.17, 15) is 14.7 Å². The molecule has 0 aromatic rings. The second-order valence-corrected chi connectivity index (χ2v) is 5.51. The van der Waals surface area contributed by atoms with Crippen LogP contribution in [0, 0.1) is 11.8 Å². The van der Waals surface area contributed by atoms with Gasteiger partial charge in [0, 0.05) is 17.7 Å². The summed E-state index contributed by atoms with van der Waals surface area (Å²) in [5.74, 6) is -1.10. The van der Waals surface area contributed by atoms with Gasteiger partial charge in [-0.3, -0.25) is 4.79 Å². The fourth-order valence-electron chi connectivity index (χ4n) is 3.05. The lowest BCUT2D eigenvalue weighted by Crippen LogP contribution is -2.41. The van der Waals surface area contributed by atoms with Crippen LogP contribution in [0.3, 0.4) is 0 Å². The minimum Gasteiger partial charge on any atom is -0.545 e. The molecule has 1 fully saturated rings. The number of hydrogen-bond donors (Lipinski definition) is 0. The fourth-order valence-corrected chi connectivity index (χ4v) is 3.05. The average Bonchev–Trinajstić information content (AvgIpc) is 2.75. The molecule has 0 bridgehead atoms. The van der Waals surface area contributed by atoms with Crippen molar-refractivity contribution in [2.24, 2.45) is 16.9 Å². The SMILES string of the molecule is CC(C)[C@@H]1[C@H]2CCCCC2=NN1C(=O)/C=C/C(=O)[O-]. The van der Waals surface area contributed by atoms with Gasteiger partial charge in [-0.05, 0) is 31.3 Å². The molecule has 1 saturated carbocycles. The highest BCUT2D eigenvalue weighted by Crippen LogP contribution is 2.36. The van der Waals surface area contributed by atoms with Crippen LogP contribution in [-0.2, 0) is 9.59 Å². The van der Waals surface area contributed by atoms with Crippen LogP contribution in [-0.4, -0.2) is 28.6 Å². The normalized spacial score (nSPS) is 26.7. The Hall–Kier alpha value is -1.65. The second kappa shape index (κ2) is 5.55. The van der Waals surface area contributed by atoms with E-state index in [2.05, 4.69) is 18.9 Å². The molecule has 0 saturated heterocycles. The minimum atomic E-state index is -1.36. The molecule has 5 nitrogen and oxygen atoms in total. The van der Waals surface area contributed by atoms with Crippen LogP contribution in [0.5, 0.6) is 0 Å². The van der Waals surface area contributed by atoms with Crippen molar-refractivity contribution in [3.8, 4) is 0 Å². The number of rotatable bonds is 3. The van der Waals surface area contributed by atoms with Crippen LogP contribution >= 0.6 is 0 Å². The van der Waals surface area contributed by atoms with Gasteiger partial charge in [-0.1, -0.05) is 20.3 Å². The van der Waals surface area contributed by atoms with Gasteiger partial charge in [0.1, 0.15) is 0 Å². The van der Waals surface area contributed by atoms with E-state index in [1.165, 1.54) is 11.4 Å². The van der Waals surface area contributed by atoms with Gasteiger partial charge >= 0.3 is 0 Å². The summed E-state index contributed by atoms with van der Waals surface area (Å²) >= 11 is 0. The molecule has 2 rings (SSSR count). The molecule has 0 aromatic heterocycles. The van der Waals surface area contributed by atoms with Gasteiger partial charge in [-0.2, -0.15) is 5.10 Å². The number of nitrogens with zero attached hydrogens (tertiary/aromatic N) is 2. The number of aliphatic carboxylic acids is 1. The van der Waals surface area contributed by atoms with E-state index in [4.69, 9.17) is 0 Å². The summed E-state index contributed by atoms with van der Waals surface area (Å²) in [4.78, 5) is 22.4. The first kappa shape index (κ1) is 13.8. The molecule has 0 N–H and O–H groups in total. The zero-order valence-corrected chi connectivity index (χ0v) is 11.3. The first-order valence-electron chi connectivity index (χ1n) is 6.80. The van der Waals surface area contributed by atoms with Gasteiger partial charge < -0.3 is 9.90 Å². The number of fused-ring (bicyclic) bond motifs is 1. The quantitative estimate of drug-likeness (QED) is 0.704. The Morgan fingerprint density at radius 1 is 1.37 bits per heavy atom. The number of hydrazone groups is 1. The molecule has 0 unspecified atom stereocenters. The van der Waals surface area contributed by atoms with Crippen LogP contribution in [0.1, 0.15) is 39.5 Å². The lowest BCUT2D eigenvalue weighted by molar-refractivity contribution is -0.297. The van der Waals surface area contributed by atoms with Gasteiger partial charge in [-0.25, -0.2) is 5.01 Å². The van der Waals surface area contributed by atoms with Crippen LogP contribution in [0.4, 0.5) is 0 Å². The van der Waals surface area contributed by atoms with E-state index in [-0.39, 0.29) is 11.9 Å². The van der Waals surface area contributed by atoms with Crippen molar-refractivity contribution >= 4 is 17.6 Å². The van der Waals surface area contributed by atoms with Crippen molar-refractivity contribution in [1.82, 2.24) is 5.01 Å². The Morgan fingerprint density at radius 2 is 2.11 bits per heavy atom. The molecule has 1 aliphatic heterocycles. The number of carbonyl (C=O) groups excluding carboxylic acids is 2. The summed E-state index contributed by atoms with van der Waals surface area (Å²) in [5, 5.41) is 16.3. The van der Waals surface area contributed by atoms with E-state index in [0.717, 1.165) is 37.1 Å². The van der Waals surface area contributed by atoms with Gasteiger partial charge in [0.15, 0.2) is 0 Å². The Balaban J connectivity index is 2.20. The molecule has 104 valence electrons. The highest BCUT2D eigenvalue weighted by atomic mass is 16.4. The highest BCUT2D eigenvalue weighted by Gasteiger charge is 2.41. The predicted octanol–water partition coefficient (Wildman–Crippen LogP) is 0.706. The van der Waals surface area contributed by atoms with Crippen molar-refractivity contribution in [1.29, 1.82) is 0 Å². The summed E-state index contributed by atoms with van der Waals surface area (Å²) in [6, 6.07) is 0.0502. The maximum atomic E-state index is 12.0. The Morgan fingerprint density at radius 3 is 2.74 bits per heavy atom. The Bertz CT molecular complexity index is 440. The van der Waals surface area contributed by atoms with Crippen LogP contribution in [0.15, 0.2) is 17.3 Å². The molecule has 1 amide bonds. The molecule has 19 heavy (non-hydrogen) atoms. The van der Waals surface area contributed by atoms with E-state index in [1.807, 2.05) is 0 Å². The zero-order valence-electron chi connectivity index (χ0n) is 11.3. The maximum Gasteiger partial charge on any atom is 0.267 e. The van der Waals surface area contributed by atoms with Crippen molar-refractivity contribution in [3.63, 3.8) is 0 Å². The molecule has 1 heterocycles. The van der Waals surface area contributed by atoms with Crippen molar-refractivity contribution in [2.75, 3.05) is 0 Å². The second-order valence-electron chi connectivity index (χ2n) is 5.51. The topological polar surface area (TPSA) is 72.8 Å². The third-order valence-electron chi connectivity index (χ3n) is 3.83. The van der Waals surface area contributed by atoms with Crippen LogP contribution < -0.4 is 5.11 Å². The van der Waals surface area contributed by atoms with E-state index in [1.54, 1.807) is 0 Å². The van der Waals surface area contributed by atoms with Gasteiger partial charge in [-0.15, -0.1) is 0 Å². The Kier molecular flexibility index (Phi) is 4.02. The molecule has 0 aromatic carbocycles. The lowest BCUT2D eigenvalue weighted by Gasteiger charge is -2.30. The standard InChI is InChI=1S/C14H20N2O3/c1-9(2)14-10-5-3-4-6-11(10)15-16(14)12(17)7-8-13(18)19/h7-10,14H,3-6H2,1-2H3,(H,18,19)/p-1/b8-7+/t10-,14+/m0/s1. The predicted molar refractivity (Wildman–Crippen MR) is 69.0 cm³/mol. The largest absolute Gasteiger partial charge is 0.545 e. The zero-order chi connectivity index (χ0) is 14.0. The Labute approximate surface area is 113 Å². The molecular weight excluding hydrogens is 244 g/mol. The van der Waals surface area contributed by atoms with Crippen molar-refractivity contribution in [2.45, 2.75) is 45.6 Å². The van der Waals surface area contributed by atoms with Crippen LogP contribution in [0.2, 0.25) is 0 Å². The number of carbonyl (C=O) groups is 2. The number of hydrogen-bond acceptors (Lipinski definition) is 4. The van der Waals surface area contributed by atoms with Gasteiger partial charge in [0.25, 0.3) is 5.91 Å². The monoisotopic (exact) mass is 263 g/mol.